The summed E-state index contributed by atoms with van der Waals surface area (Å²) in [6.07, 6.45) is 2.90. The Morgan fingerprint density at radius 1 is 1.35 bits per heavy atom. The first kappa shape index (κ1) is 12.0. The Hall–Kier alpha value is -1.51. The minimum Gasteiger partial charge on any atom is -0.381 e. The van der Waals surface area contributed by atoms with Crippen LogP contribution < -0.4 is 0 Å². The summed E-state index contributed by atoms with van der Waals surface area (Å²) in [6.45, 7) is 1.42. The first-order valence-electron chi connectivity index (χ1n) is 5.65. The number of nitrogens with zero attached hydrogens (tertiary/aromatic N) is 1. The highest BCUT2D eigenvalue weighted by molar-refractivity contribution is 5.35. The fourth-order valence-corrected chi connectivity index (χ4v) is 2.35. The molecule has 1 aromatic rings. The summed E-state index contributed by atoms with van der Waals surface area (Å²) in [6, 6.07) is 6.67. The van der Waals surface area contributed by atoms with Crippen LogP contribution in [0, 0.1) is 5.82 Å². The highest BCUT2D eigenvalue weighted by Crippen LogP contribution is 2.36. The fourth-order valence-electron chi connectivity index (χ4n) is 2.35. The first-order chi connectivity index (χ1) is 8.28. The van der Waals surface area contributed by atoms with Crippen molar-refractivity contribution in [1.82, 2.24) is 0 Å². The van der Waals surface area contributed by atoms with Gasteiger partial charge < -0.3 is 4.74 Å². The van der Waals surface area contributed by atoms with Gasteiger partial charge in [-0.25, -0.2) is 14.2 Å². The summed E-state index contributed by atoms with van der Waals surface area (Å²) in [5.41, 5.74) is 0.211. The van der Waals surface area contributed by atoms with Crippen LogP contribution >= 0.6 is 0 Å². The van der Waals surface area contributed by atoms with Crippen molar-refractivity contribution in [3.63, 3.8) is 0 Å². The summed E-state index contributed by atoms with van der Waals surface area (Å²) in [4.78, 5) is 13.9. The summed E-state index contributed by atoms with van der Waals surface area (Å²) in [7, 11) is 0. The number of hydrogen-bond donors (Lipinski definition) is 0. The van der Waals surface area contributed by atoms with Crippen LogP contribution in [0.3, 0.4) is 0 Å². The lowest BCUT2D eigenvalue weighted by atomic mass is 9.74. The Kier molecular flexibility index (Phi) is 3.67. The van der Waals surface area contributed by atoms with E-state index in [1.54, 1.807) is 24.3 Å². The number of ether oxygens (including phenoxy) is 1. The molecular formula is C13H14FNO2. The van der Waals surface area contributed by atoms with Crippen molar-refractivity contribution in [2.75, 3.05) is 19.8 Å². The Balaban J connectivity index is 2.38. The van der Waals surface area contributed by atoms with Crippen LogP contribution in [0.2, 0.25) is 0 Å². The molecule has 0 unspecified atom stereocenters. The second kappa shape index (κ2) is 5.21. The Labute approximate surface area is 99.3 Å². The van der Waals surface area contributed by atoms with Crippen molar-refractivity contribution < 1.29 is 13.9 Å². The van der Waals surface area contributed by atoms with Gasteiger partial charge in [0, 0.05) is 18.6 Å². The van der Waals surface area contributed by atoms with Crippen molar-refractivity contribution in [3.8, 4) is 0 Å². The molecule has 17 heavy (non-hydrogen) atoms. The van der Waals surface area contributed by atoms with Gasteiger partial charge in [0.2, 0.25) is 6.08 Å². The van der Waals surface area contributed by atoms with Crippen LogP contribution in [0.25, 0.3) is 0 Å². The summed E-state index contributed by atoms with van der Waals surface area (Å²) >= 11 is 0. The predicted molar refractivity (Wildman–Crippen MR) is 61.1 cm³/mol. The number of carbonyl (C=O) groups excluding carboxylic acids is 1. The number of aliphatic imine (C=N–C) groups is 1. The average molecular weight is 235 g/mol. The van der Waals surface area contributed by atoms with E-state index in [2.05, 4.69) is 4.99 Å². The van der Waals surface area contributed by atoms with E-state index in [0.29, 0.717) is 31.6 Å². The van der Waals surface area contributed by atoms with Gasteiger partial charge in [-0.3, -0.25) is 0 Å². The molecule has 1 aromatic carbocycles. The highest BCUT2D eigenvalue weighted by Gasteiger charge is 2.36. The molecule has 0 bridgehead atoms. The van der Waals surface area contributed by atoms with E-state index in [1.165, 1.54) is 6.07 Å². The highest BCUT2D eigenvalue weighted by atomic mass is 19.1. The SMILES string of the molecule is O=C=NCC1(c2ccccc2F)CCOCC1. The van der Waals surface area contributed by atoms with E-state index in [9.17, 15) is 9.18 Å². The van der Waals surface area contributed by atoms with Crippen LogP contribution in [-0.4, -0.2) is 25.8 Å². The zero-order chi connectivity index (χ0) is 12.1. The van der Waals surface area contributed by atoms with Gasteiger partial charge in [-0.1, -0.05) is 18.2 Å². The van der Waals surface area contributed by atoms with Crippen LogP contribution in [0.1, 0.15) is 18.4 Å². The molecular weight excluding hydrogens is 221 g/mol. The van der Waals surface area contributed by atoms with Gasteiger partial charge in [0.25, 0.3) is 0 Å². The first-order valence-corrected chi connectivity index (χ1v) is 5.65. The molecule has 0 aliphatic carbocycles. The zero-order valence-electron chi connectivity index (χ0n) is 9.49. The Morgan fingerprint density at radius 3 is 2.71 bits per heavy atom. The quantitative estimate of drug-likeness (QED) is 0.595. The number of halogens is 1. The van der Waals surface area contributed by atoms with Gasteiger partial charge in [0.15, 0.2) is 0 Å². The third-order valence-electron chi connectivity index (χ3n) is 3.34. The van der Waals surface area contributed by atoms with E-state index in [0.717, 1.165) is 0 Å². The normalized spacial score (nSPS) is 18.4. The molecule has 2 rings (SSSR count). The number of rotatable bonds is 3. The maximum Gasteiger partial charge on any atom is 0.234 e. The Morgan fingerprint density at radius 2 is 2.06 bits per heavy atom. The van der Waals surface area contributed by atoms with E-state index in [-0.39, 0.29) is 12.4 Å². The van der Waals surface area contributed by atoms with Crippen molar-refractivity contribution in [1.29, 1.82) is 0 Å². The van der Waals surface area contributed by atoms with E-state index < -0.39 is 5.41 Å². The predicted octanol–water partition coefficient (Wildman–Crippen LogP) is 2.21. The number of hydrogen-bond acceptors (Lipinski definition) is 3. The summed E-state index contributed by atoms with van der Waals surface area (Å²) < 4.78 is 19.2. The second-order valence-electron chi connectivity index (χ2n) is 4.28. The van der Waals surface area contributed by atoms with Crippen molar-refractivity contribution in [3.05, 3.63) is 35.6 Å². The molecule has 1 heterocycles. The maximum atomic E-state index is 13.9. The molecule has 90 valence electrons. The van der Waals surface area contributed by atoms with Gasteiger partial charge in [-0.15, -0.1) is 0 Å². The number of isocyanates is 1. The minimum atomic E-state index is -0.416. The summed E-state index contributed by atoms with van der Waals surface area (Å²) in [5.74, 6) is -0.240. The summed E-state index contributed by atoms with van der Waals surface area (Å²) in [5, 5.41) is 0. The molecule has 4 heteroatoms. The van der Waals surface area contributed by atoms with Gasteiger partial charge >= 0.3 is 0 Å². The molecule has 3 nitrogen and oxygen atoms in total. The molecule has 0 N–H and O–H groups in total. The van der Waals surface area contributed by atoms with E-state index >= 15 is 0 Å². The van der Waals surface area contributed by atoms with Gasteiger partial charge in [0.1, 0.15) is 5.82 Å². The smallest absolute Gasteiger partial charge is 0.234 e. The molecule has 0 radical (unpaired) electrons. The standard InChI is InChI=1S/C13H14FNO2/c14-12-4-2-1-3-11(12)13(9-15-10-16)5-7-17-8-6-13/h1-4H,5-9H2. The maximum absolute atomic E-state index is 13.9. The van der Waals surface area contributed by atoms with Crippen LogP contribution in [0.4, 0.5) is 4.39 Å². The zero-order valence-corrected chi connectivity index (χ0v) is 9.49. The second-order valence-corrected chi connectivity index (χ2v) is 4.28. The Bertz CT molecular complexity index is 435. The topological polar surface area (TPSA) is 38.7 Å². The lowest BCUT2D eigenvalue weighted by Crippen LogP contribution is -2.37. The average Bonchev–Trinajstić information content (AvgIpc) is 2.38. The minimum absolute atomic E-state index is 0.240. The molecule has 0 atom stereocenters. The molecule has 1 saturated heterocycles. The van der Waals surface area contributed by atoms with Crippen LogP contribution in [-0.2, 0) is 14.9 Å². The lowest BCUT2D eigenvalue weighted by molar-refractivity contribution is 0.0519. The van der Waals surface area contributed by atoms with Crippen LogP contribution in [0.15, 0.2) is 29.3 Å². The molecule has 0 aromatic heterocycles. The van der Waals surface area contributed by atoms with Crippen molar-refractivity contribution >= 4 is 6.08 Å². The van der Waals surface area contributed by atoms with E-state index in [4.69, 9.17) is 4.74 Å². The third kappa shape index (κ3) is 2.43. The molecule has 1 fully saturated rings. The fraction of sp³-hybridized carbons (Fsp3) is 0.462. The van der Waals surface area contributed by atoms with Crippen LogP contribution in [0.5, 0.6) is 0 Å². The van der Waals surface area contributed by atoms with E-state index in [1.807, 2.05) is 0 Å². The third-order valence-corrected chi connectivity index (χ3v) is 3.34. The molecule has 0 saturated carbocycles. The molecule has 1 aliphatic rings. The number of benzene rings is 1. The molecule has 1 aliphatic heterocycles. The van der Waals surface area contributed by atoms with Crippen molar-refractivity contribution in [2.45, 2.75) is 18.3 Å². The molecule has 0 amide bonds. The van der Waals surface area contributed by atoms with Gasteiger partial charge in [-0.05, 0) is 24.5 Å². The largest absolute Gasteiger partial charge is 0.381 e. The lowest BCUT2D eigenvalue weighted by Gasteiger charge is -2.36. The molecule has 0 spiro atoms. The van der Waals surface area contributed by atoms with Gasteiger partial charge in [-0.2, -0.15) is 0 Å². The van der Waals surface area contributed by atoms with Gasteiger partial charge in [0.05, 0.1) is 6.54 Å². The monoisotopic (exact) mass is 235 g/mol. The van der Waals surface area contributed by atoms with Crippen molar-refractivity contribution in [2.24, 2.45) is 4.99 Å².